The number of nitrogens with zero attached hydrogens (tertiary/aromatic N) is 1. The van der Waals surface area contributed by atoms with Gasteiger partial charge >= 0.3 is 0 Å². The zero-order chi connectivity index (χ0) is 23.0. The molecule has 0 aliphatic carbocycles. The van der Waals surface area contributed by atoms with Crippen molar-refractivity contribution >= 4 is 21.5 Å². The highest BCUT2D eigenvalue weighted by atomic mass is 16.5. The van der Waals surface area contributed by atoms with Crippen LogP contribution >= 0.6 is 0 Å². The first kappa shape index (κ1) is 22.3. The predicted molar refractivity (Wildman–Crippen MR) is 125 cm³/mol. The highest BCUT2D eigenvalue weighted by Crippen LogP contribution is 2.50. The number of hydrogen-bond acceptors (Lipinski definition) is 7. The minimum Gasteiger partial charge on any atom is -0.493 e. The van der Waals surface area contributed by atoms with Crippen LogP contribution in [0.1, 0.15) is 18.1 Å². The maximum Gasteiger partial charge on any atom is 0.203 e. The summed E-state index contributed by atoms with van der Waals surface area (Å²) < 4.78 is 28.5. The zero-order valence-electron chi connectivity index (χ0n) is 19.6. The Morgan fingerprint density at radius 2 is 1.38 bits per heavy atom. The monoisotopic (exact) mass is 441 g/mol. The highest BCUT2D eigenvalue weighted by Gasteiger charge is 2.31. The molecule has 3 aromatic rings. The number of ether oxygens (including phenoxy) is 5. The quantitative estimate of drug-likeness (QED) is 0.560. The fraction of sp³-hybridized carbons (Fsp3) is 0.440. The predicted octanol–water partition coefficient (Wildman–Crippen LogP) is 3.77. The van der Waals surface area contributed by atoms with E-state index in [-0.39, 0.29) is 12.6 Å². The number of fused-ring (bicyclic) bond motifs is 6. The molecule has 4 rings (SSSR count). The topological polar surface area (TPSA) is 69.6 Å². The summed E-state index contributed by atoms with van der Waals surface area (Å²) in [5.74, 6) is 3.13. The highest BCUT2D eigenvalue weighted by molar-refractivity contribution is 6.15. The van der Waals surface area contributed by atoms with Crippen LogP contribution in [0.25, 0.3) is 21.5 Å². The van der Waals surface area contributed by atoms with Gasteiger partial charge in [0.25, 0.3) is 0 Å². The molecule has 172 valence electrons. The van der Waals surface area contributed by atoms with E-state index in [1.165, 1.54) is 5.56 Å². The molecule has 1 aliphatic heterocycles. The van der Waals surface area contributed by atoms with Crippen LogP contribution in [0, 0.1) is 0 Å². The van der Waals surface area contributed by atoms with E-state index in [1.54, 1.807) is 35.5 Å². The van der Waals surface area contributed by atoms with Crippen molar-refractivity contribution in [2.75, 3.05) is 48.7 Å². The number of likely N-dealkylation sites (N-methyl/N-ethyl adjacent to an activating group) is 1. The third-order valence-corrected chi connectivity index (χ3v) is 6.57. The molecule has 3 aromatic carbocycles. The molecular formula is C25H31NO6. The third kappa shape index (κ3) is 3.27. The molecule has 32 heavy (non-hydrogen) atoms. The van der Waals surface area contributed by atoms with Crippen molar-refractivity contribution < 1.29 is 28.8 Å². The van der Waals surface area contributed by atoms with E-state index in [4.69, 9.17) is 23.7 Å². The largest absolute Gasteiger partial charge is 0.493 e. The normalized spacial score (nSPS) is 16.2. The molecule has 1 N–H and O–H groups in total. The Labute approximate surface area is 188 Å². The molecule has 0 bridgehead atoms. The summed E-state index contributed by atoms with van der Waals surface area (Å²) in [6.45, 7) is 3.78. The molecule has 1 heterocycles. The lowest BCUT2D eigenvalue weighted by atomic mass is 9.84. The van der Waals surface area contributed by atoms with Gasteiger partial charge in [0.1, 0.15) is 0 Å². The summed E-state index contributed by atoms with van der Waals surface area (Å²) in [5, 5.41) is 14.2. The Kier molecular flexibility index (Phi) is 6.22. The van der Waals surface area contributed by atoms with E-state index in [0.29, 0.717) is 35.2 Å². The van der Waals surface area contributed by atoms with Crippen molar-refractivity contribution in [3.63, 3.8) is 0 Å². The van der Waals surface area contributed by atoms with Crippen LogP contribution in [0.5, 0.6) is 28.7 Å². The van der Waals surface area contributed by atoms with Gasteiger partial charge in [-0.25, -0.2) is 0 Å². The van der Waals surface area contributed by atoms with Gasteiger partial charge in [-0.3, -0.25) is 4.90 Å². The van der Waals surface area contributed by atoms with Gasteiger partial charge in [-0.1, -0.05) is 6.92 Å². The molecule has 0 spiro atoms. The molecule has 1 unspecified atom stereocenters. The maximum absolute atomic E-state index is 10.1. The second-order valence-corrected chi connectivity index (χ2v) is 7.88. The lowest BCUT2D eigenvalue weighted by molar-refractivity contribution is 0.113. The maximum atomic E-state index is 10.1. The Bertz CT molecular complexity index is 1160. The molecule has 0 aromatic heterocycles. The fourth-order valence-electron chi connectivity index (χ4n) is 4.99. The second kappa shape index (κ2) is 8.92. The van der Waals surface area contributed by atoms with Crippen LogP contribution in [-0.4, -0.2) is 64.7 Å². The van der Waals surface area contributed by atoms with Gasteiger partial charge in [0.05, 0.1) is 42.2 Å². The lowest BCUT2D eigenvalue weighted by Crippen LogP contribution is -2.42. The smallest absolute Gasteiger partial charge is 0.203 e. The SMILES string of the molecule is CCN1Cc2c(c3c(OC)c(OC)c(OC)cc3c3cc(OC)c(OC)cc23)CC1CO. The van der Waals surface area contributed by atoms with Gasteiger partial charge in [0, 0.05) is 18.0 Å². The van der Waals surface area contributed by atoms with E-state index >= 15 is 0 Å². The number of rotatable bonds is 7. The Hall–Kier alpha value is -2.90. The average molecular weight is 442 g/mol. The number of aliphatic hydroxyl groups excluding tert-OH is 1. The van der Waals surface area contributed by atoms with Crippen LogP contribution in [0.3, 0.4) is 0 Å². The summed E-state index contributed by atoms with van der Waals surface area (Å²) in [7, 11) is 8.16. The van der Waals surface area contributed by atoms with Crippen molar-refractivity contribution in [2.24, 2.45) is 0 Å². The molecule has 0 radical (unpaired) electrons. The number of methoxy groups -OCH3 is 5. The van der Waals surface area contributed by atoms with Gasteiger partial charge in [0.15, 0.2) is 23.0 Å². The first-order chi connectivity index (χ1) is 15.6. The minimum atomic E-state index is 0.0334. The minimum absolute atomic E-state index is 0.0334. The molecule has 0 fully saturated rings. The fourth-order valence-corrected chi connectivity index (χ4v) is 4.99. The molecule has 0 saturated carbocycles. The number of hydrogen-bond donors (Lipinski definition) is 1. The van der Waals surface area contributed by atoms with Gasteiger partial charge in [-0.05, 0) is 58.5 Å². The molecule has 7 heteroatoms. The molecule has 0 saturated heterocycles. The van der Waals surface area contributed by atoms with Gasteiger partial charge in [-0.15, -0.1) is 0 Å². The number of aliphatic hydroxyl groups is 1. The van der Waals surface area contributed by atoms with Crippen molar-refractivity contribution in [3.8, 4) is 28.7 Å². The Morgan fingerprint density at radius 1 is 0.781 bits per heavy atom. The zero-order valence-corrected chi connectivity index (χ0v) is 19.6. The van der Waals surface area contributed by atoms with Crippen molar-refractivity contribution in [2.45, 2.75) is 25.9 Å². The van der Waals surface area contributed by atoms with E-state index < -0.39 is 0 Å². The van der Waals surface area contributed by atoms with Crippen LogP contribution in [0.2, 0.25) is 0 Å². The molecule has 7 nitrogen and oxygen atoms in total. The standard InChI is InChI=1S/C25H31NO6/c1-7-26-12-19-16-10-21(29-3)20(28-2)9-15(16)18-11-22(30-4)24(31-5)25(32-6)23(18)17(19)8-14(26)13-27/h9-11,14,27H,7-8,12-13H2,1-6H3. The third-order valence-electron chi connectivity index (χ3n) is 6.57. The van der Waals surface area contributed by atoms with Crippen LogP contribution in [0.4, 0.5) is 0 Å². The first-order valence-corrected chi connectivity index (χ1v) is 10.7. The summed E-state index contributed by atoms with van der Waals surface area (Å²) in [4.78, 5) is 2.30. The molecular weight excluding hydrogens is 410 g/mol. The second-order valence-electron chi connectivity index (χ2n) is 7.88. The number of benzene rings is 3. The first-order valence-electron chi connectivity index (χ1n) is 10.7. The molecule has 1 atom stereocenters. The van der Waals surface area contributed by atoms with Gasteiger partial charge in [-0.2, -0.15) is 0 Å². The van der Waals surface area contributed by atoms with Crippen LogP contribution < -0.4 is 23.7 Å². The van der Waals surface area contributed by atoms with E-state index in [9.17, 15) is 5.11 Å². The van der Waals surface area contributed by atoms with Crippen LogP contribution in [0.15, 0.2) is 18.2 Å². The lowest BCUT2D eigenvalue weighted by Gasteiger charge is -2.37. The molecule has 0 amide bonds. The van der Waals surface area contributed by atoms with Crippen molar-refractivity contribution in [3.05, 3.63) is 29.3 Å². The Balaban J connectivity index is 2.22. The summed E-state index contributed by atoms with van der Waals surface area (Å²) >= 11 is 0. The summed E-state index contributed by atoms with van der Waals surface area (Å²) in [6.07, 6.45) is 0.701. The molecule has 1 aliphatic rings. The van der Waals surface area contributed by atoms with E-state index in [2.05, 4.69) is 11.8 Å². The summed E-state index contributed by atoms with van der Waals surface area (Å²) in [5.41, 5.74) is 2.35. The van der Waals surface area contributed by atoms with E-state index in [0.717, 1.165) is 40.2 Å². The van der Waals surface area contributed by atoms with Crippen LogP contribution in [-0.2, 0) is 13.0 Å². The van der Waals surface area contributed by atoms with Crippen molar-refractivity contribution in [1.82, 2.24) is 4.90 Å². The summed E-state index contributed by atoms with van der Waals surface area (Å²) in [6, 6.07) is 6.08. The van der Waals surface area contributed by atoms with Gasteiger partial charge in [0.2, 0.25) is 5.75 Å². The van der Waals surface area contributed by atoms with Gasteiger partial charge < -0.3 is 28.8 Å². The van der Waals surface area contributed by atoms with Crippen molar-refractivity contribution in [1.29, 1.82) is 0 Å². The van der Waals surface area contributed by atoms with E-state index in [1.807, 2.05) is 18.2 Å². The average Bonchev–Trinajstić information content (AvgIpc) is 2.85. The Morgan fingerprint density at radius 3 is 1.91 bits per heavy atom.